The van der Waals surface area contributed by atoms with Crippen molar-refractivity contribution in [1.29, 1.82) is 5.26 Å². The molecule has 0 unspecified atom stereocenters. The molecule has 1 aromatic rings. The van der Waals surface area contributed by atoms with E-state index in [1.165, 1.54) is 12.3 Å². The lowest BCUT2D eigenvalue weighted by Gasteiger charge is -1.99. The van der Waals surface area contributed by atoms with Crippen LogP contribution in [0.4, 0.5) is 5.95 Å². The Morgan fingerprint density at radius 3 is 3.15 bits per heavy atom. The lowest BCUT2D eigenvalue weighted by molar-refractivity contribution is -0.115. The summed E-state index contributed by atoms with van der Waals surface area (Å²) in [7, 11) is 0. The minimum Gasteiger partial charge on any atom is -0.295 e. The summed E-state index contributed by atoms with van der Waals surface area (Å²) in [6.07, 6.45) is 1.79. The van der Waals surface area contributed by atoms with Crippen molar-refractivity contribution >= 4 is 11.9 Å². The lowest BCUT2D eigenvalue weighted by atomic mass is 10.4. The minimum atomic E-state index is -0.171. The number of carbonyl (C=O) groups excluding carboxylic acids is 1. The molecule has 0 saturated carbocycles. The lowest BCUT2D eigenvalue weighted by Crippen LogP contribution is -2.12. The van der Waals surface area contributed by atoms with Gasteiger partial charge in [-0.2, -0.15) is 5.26 Å². The van der Waals surface area contributed by atoms with Gasteiger partial charge in [0.2, 0.25) is 11.9 Å². The molecule has 1 N–H and O–H groups in total. The maximum Gasteiger partial charge on any atom is 0.230 e. The van der Waals surface area contributed by atoms with Gasteiger partial charge in [0.05, 0.1) is 0 Å². The van der Waals surface area contributed by atoms with Crippen LogP contribution in [-0.2, 0) is 4.79 Å². The van der Waals surface area contributed by atoms with Crippen LogP contribution in [0.5, 0.6) is 0 Å². The molecule has 0 saturated heterocycles. The van der Waals surface area contributed by atoms with Gasteiger partial charge >= 0.3 is 0 Å². The first kappa shape index (κ1) is 9.13. The van der Waals surface area contributed by atoms with Crippen molar-refractivity contribution in [2.45, 2.75) is 13.3 Å². The predicted molar refractivity (Wildman–Crippen MR) is 45.7 cm³/mol. The molecule has 0 spiro atoms. The largest absolute Gasteiger partial charge is 0.295 e. The molecule has 1 amide bonds. The van der Waals surface area contributed by atoms with Crippen LogP contribution in [0.1, 0.15) is 19.0 Å². The fourth-order valence-electron chi connectivity index (χ4n) is 0.694. The number of carbonyl (C=O) groups is 1. The number of aromatic nitrogens is 2. The quantitative estimate of drug-likeness (QED) is 0.719. The van der Waals surface area contributed by atoms with E-state index < -0.39 is 0 Å². The smallest absolute Gasteiger partial charge is 0.230 e. The first-order chi connectivity index (χ1) is 6.26. The number of nitrogens with one attached hydrogen (secondary N) is 1. The Balaban J connectivity index is 2.79. The summed E-state index contributed by atoms with van der Waals surface area (Å²) < 4.78 is 0. The SMILES string of the molecule is CCC(=O)Nc1nccc(C#N)n1. The number of hydrogen-bond acceptors (Lipinski definition) is 4. The Kier molecular flexibility index (Phi) is 2.92. The van der Waals surface area contributed by atoms with Crippen LogP contribution >= 0.6 is 0 Å². The van der Waals surface area contributed by atoms with Crippen LogP contribution in [0.2, 0.25) is 0 Å². The van der Waals surface area contributed by atoms with Crippen LogP contribution in [0.25, 0.3) is 0 Å². The normalized spacial score (nSPS) is 8.92. The molecule has 0 aliphatic rings. The molecule has 1 aromatic heterocycles. The van der Waals surface area contributed by atoms with Crippen LogP contribution < -0.4 is 5.32 Å². The molecule has 1 heterocycles. The molecule has 0 radical (unpaired) electrons. The maximum atomic E-state index is 10.9. The van der Waals surface area contributed by atoms with Gasteiger partial charge < -0.3 is 0 Å². The number of hydrogen-bond donors (Lipinski definition) is 1. The third-order valence-corrected chi connectivity index (χ3v) is 1.34. The van der Waals surface area contributed by atoms with Gasteiger partial charge in [-0.3, -0.25) is 10.1 Å². The number of anilines is 1. The molecule has 5 heteroatoms. The topological polar surface area (TPSA) is 78.7 Å². The number of amides is 1. The van der Waals surface area contributed by atoms with Crippen LogP contribution in [-0.4, -0.2) is 15.9 Å². The zero-order chi connectivity index (χ0) is 9.68. The van der Waals surface area contributed by atoms with Crippen molar-refractivity contribution in [2.24, 2.45) is 0 Å². The zero-order valence-electron chi connectivity index (χ0n) is 7.11. The Hall–Kier alpha value is -1.96. The second-order valence-corrected chi connectivity index (χ2v) is 2.28. The van der Waals surface area contributed by atoms with E-state index in [4.69, 9.17) is 5.26 Å². The Morgan fingerprint density at radius 2 is 2.54 bits per heavy atom. The highest BCUT2D eigenvalue weighted by molar-refractivity contribution is 5.88. The van der Waals surface area contributed by atoms with Crippen molar-refractivity contribution in [1.82, 2.24) is 9.97 Å². The Bertz CT molecular complexity index is 355. The minimum absolute atomic E-state index is 0.171. The van der Waals surface area contributed by atoms with E-state index in [0.29, 0.717) is 6.42 Å². The molecule has 13 heavy (non-hydrogen) atoms. The summed E-state index contributed by atoms with van der Waals surface area (Å²) in [5.41, 5.74) is 0.237. The molecular weight excluding hydrogens is 168 g/mol. The molecule has 0 aliphatic carbocycles. The van der Waals surface area contributed by atoms with Gasteiger partial charge in [-0.05, 0) is 6.07 Å². The van der Waals surface area contributed by atoms with Crippen molar-refractivity contribution in [3.05, 3.63) is 18.0 Å². The van der Waals surface area contributed by atoms with E-state index >= 15 is 0 Å². The summed E-state index contributed by atoms with van der Waals surface area (Å²) in [5.74, 6) is 0.000916. The zero-order valence-corrected chi connectivity index (χ0v) is 7.11. The third-order valence-electron chi connectivity index (χ3n) is 1.34. The van der Waals surface area contributed by atoms with Gasteiger partial charge in [0, 0.05) is 12.6 Å². The monoisotopic (exact) mass is 176 g/mol. The van der Waals surface area contributed by atoms with Gasteiger partial charge in [0.25, 0.3) is 0 Å². The van der Waals surface area contributed by atoms with E-state index in [0.717, 1.165) is 0 Å². The highest BCUT2D eigenvalue weighted by Crippen LogP contribution is 1.99. The summed E-state index contributed by atoms with van der Waals surface area (Å²) in [5, 5.41) is 11.0. The van der Waals surface area contributed by atoms with Crippen molar-refractivity contribution in [3.63, 3.8) is 0 Å². The van der Waals surface area contributed by atoms with E-state index in [1.807, 2.05) is 6.07 Å². The number of rotatable bonds is 2. The average molecular weight is 176 g/mol. The molecule has 0 atom stereocenters. The van der Waals surface area contributed by atoms with Gasteiger partial charge in [-0.25, -0.2) is 9.97 Å². The van der Waals surface area contributed by atoms with E-state index in [9.17, 15) is 4.79 Å². The fourth-order valence-corrected chi connectivity index (χ4v) is 0.694. The fraction of sp³-hybridized carbons (Fsp3) is 0.250. The van der Waals surface area contributed by atoms with Crippen molar-refractivity contribution in [3.8, 4) is 6.07 Å². The van der Waals surface area contributed by atoms with E-state index in [2.05, 4.69) is 15.3 Å². The van der Waals surface area contributed by atoms with Crippen LogP contribution in [0.15, 0.2) is 12.3 Å². The summed E-state index contributed by atoms with van der Waals surface area (Å²) in [6.45, 7) is 1.73. The summed E-state index contributed by atoms with van der Waals surface area (Å²) in [4.78, 5) is 18.5. The molecule has 0 bridgehead atoms. The van der Waals surface area contributed by atoms with Crippen LogP contribution in [0, 0.1) is 11.3 Å². The Labute approximate surface area is 75.4 Å². The first-order valence-electron chi connectivity index (χ1n) is 3.79. The summed E-state index contributed by atoms with van der Waals surface area (Å²) >= 11 is 0. The van der Waals surface area contributed by atoms with Gasteiger partial charge in [0.1, 0.15) is 11.8 Å². The Morgan fingerprint density at radius 1 is 1.77 bits per heavy atom. The van der Waals surface area contributed by atoms with Gasteiger partial charge in [-0.15, -0.1) is 0 Å². The number of nitriles is 1. The highest BCUT2D eigenvalue weighted by atomic mass is 16.1. The molecular formula is C8H8N4O. The highest BCUT2D eigenvalue weighted by Gasteiger charge is 2.01. The van der Waals surface area contributed by atoms with Crippen molar-refractivity contribution < 1.29 is 4.79 Å². The van der Waals surface area contributed by atoms with E-state index in [1.54, 1.807) is 6.92 Å². The molecule has 0 fully saturated rings. The number of nitrogens with zero attached hydrogens (tertiary/aromatic N) is 3. The maximum absolute atomic E-state index is 10.9. The second-order valence-electron chi connectivity index (χ2n) is 2.28. The predicted octanol–water partition coefficient (Wildman–Crippen LogP) is 0.697. The molecule has 0 aromatic carbocycles. The molecule has 1 rings (SSSR count). The molecule has 66 valence electrons. The van der Waals surface area contributed by atoms with Crippen molar-refractivity contribution in [2.75, 3.05) is 5.32 Å². The van der Waals surface area contributed by atoms with Crippen LogP contribution in [0.3, 0.4) is 0 Å². The molecule has 0 aliphatic heterocycles. The van der Waals surface area contributed by atoms with Gasteiger partial charge in [-0.1, -0.05) is 6.92 Å². The average Bonchev–Trinajstić information content (AvgIpc) is 2.18. The molecule has 5 nitrogen and oxygen atoms in total. The third kappa shape index (κ3) is 2.52. The van der Waals surface area contributed by atoms with Gasteiger partial charge in [0.15, 0.2) is 0 Å². The first-order valence-corrected chi connectivity index (χ1v) is 3.79. The standard InChI is InChI=1S/C8H8N4O/c1-2-7(13)12-8-10-4-3-6(5-9)11-8/h3-4H,2H2,1H3,(H,10,11,12,13). The van der Waals surface area contributed by atoms with E-state index in [-0.39, 0.29) is 17.5 Å². The summed E-state index contributed by atoms with van der Waals surface area (Å²) in [6, 6.07) is 3.33. The second kappa shape index (κ2) is 4.16.